The van der Waals surface area contributed by atoms with E-state index in [0.29, 0.717) is 17.9 Å². The Morgan fingerprint density at radius 2 is 2.00 bits per heavy atom. The summed E-state index contributed by atoms with van der Waals surface area (Å²) in [6, 6.07) is 0. The lowest BCUT2D eigenvalue weighted by Gasteiger charge is -2.30. The zero-order valence-corrected chi connectivity index (χ0v) is 15.9. The third-order valence-corrected chi connectivity index (χ3v) is 5.81. The van der Waals surface area contributed by atoms with E-state index in [0.717, 1.165) is 30.5 Å². The molecular formula is C17H26N3O3S+. The molecule has 6 nitrogen and oxygen atoms in total. The number of thiophene rings is 1. The topological polar surface area (TPSA) is 57.7 Å². The van der Waals surface area contributed by atoms with Crippen LogP contribution in [0.1, 0.15) is 30.7 Å². The normalized spacial score (nSPS) is 16.8. The third kappa shape index (κ3) is 2.96. The Hall–Kier alpha value is -1.44. The molecule has 0 aromatic carbocycles. The second-order valence-electron chi connectivity index (χ2n) is 7.52. The summed E-state index contributed by atoms with van der Waals surface area (Å²) in [7, 11) is 5.76. The summed E-state index contributed by atoms with van der Waals surface area (Å²) in [5.41, 5.74) is 1.18. The van der Waals surface area contributed by atoms with Gasteiger partial charge in [0, 0.05) is 36.9 Å². The van der Waals surface area contributed by atoms with Gasteiger partial charge in [0.2, 0.25) is 0 Å². The summed E-state index contributed by atoms with van der Waals surface area (Å²) in [6.45, 7) is 6.19. The van der Waals surface area contributed by atoms with Gasteiger partial charge >= 0.3 is 5.69 Å². The summed E-state index contributed by atoms with van der Waals surface area (Å²) in [5, 5.41) is 0. The predicted octanol–water partition coefficient (Wildman–Crippen LogP) is 0.148. The first-order valence-electron chi connectivity index (χ1n) is 8.38. The van der Waals surface area contributed by atoms with Gasteiger partial charge in [-0.2, -0.15) is 0 Å². The van der Waals surface area contributed by atoms with Crippen LogP contribution < -0.4 is 16.1 Å². The maximum Gasteiger partial charge on any atom is 0.331 e. The number of quaternary nitrogens is 1. The van der Waals surface area contributed by atoms with E-state index in [1.165, 1.54) is 25.7 Å². The Morgan fingerprint density at radius 1 is 1.29 bits per heavy atom. The Morgan fingerprint density at radius 3 is 2.67 bits per heavy atom. The molecule has 2 aromatic rings. The highest BCUT2D eigenvalue weighted by molar-refractivity contribution is 7.19. The van der Waals surface area contributed by atoms with Crippen LogP contribution >= 0.6 is 11.3 Å². The van der Waals surface area contributed by atoms with Crippen LogP contribution in [0.15, 0.2) is 9.59 Å². The molecular weight excluding hydrogens is 326 g/mol. The van der Waals surface area contributed by atoms with E-state index in [-0.39, 0.29) is 16.9 Å². The van der Waals surface area contributed by atoms with Gasteiger partial charge < -0.3 is 9.64 Å². The zero-order chi connectivity index (χ0) is 17.6. The molecule has 0 spiro atoms. The first kappa shape index (κ1) is 17.4. The third-order valence-electron chi connectivity index (χ3n) is 4.60. The van der Waals surface area contributed by atoms with Crippen molar-refractivity contribution in [2.75, 3.05) is 20.6 Å². The number of aryl methyl sites for hydroxylation is 1. The van der Waals surface area contributed by atoms with Crippen molar-refractivity contribution in [2.45, 2.75) is 45.4 Å². The molecule has 2 aromatic heterocycles. The zero-order valence-electron chi connectivity index (χ0n) is 15.1. The molecule has 0 bridgehead atoms. The molecule has 0 amide bonds. The summed E-state index contributed by atoms with van der Waals surface area (Å²) in [5.74, 6) is 0. The lowest BCUT2D eigenvalue weighted by molar-refractivity contribution is -0.858. The van der Waals surface area contributed by atoms with Crippen molar-refractivity contribution in [3.8, 4) is 0 Å². The fraction of sp³-hybridized carbons (Fsp3) is 0.647. The number of rotatable bonds is 4. The van der Waals surface area contributed by atoms with Gasteiger partial charge in [0.1, 0.15) is 4.70 Å². The summed E-state index contributed by atoms with van der Waals surface area (Å²) >= 11 is 1.53. The lowest BCUT2D eigenvalue weighted by atomic mass is 9.98. The summed E-state index contributed by atoms with van der Waals surface area (Å²) in [6.07, 6.45) is 1.67. The quantitative estimate of drug-likeness (QED) is 0.852. The van der Waals surface area contributed by atoms with Gasteiger partial charge in [-0.25, -0.2) is 4.79 Å². The largest absolute Gasteiger partial charge is 0.370 e. The molecule has 0 radical (unpaired) electrons. The maximum atomic E-state index is 12.7. The number of ether oxygens (including phenoxy) is 1. The number of aromatic nitrogens is 2. The van der Waals surface area contributed by atoms with Crippen molar-refractivity contribution in [2.24, 2.45) is 7.05 Å². The lowest BCUT2D eigenvalue weighted by Crippen LogP contribution is -3.05. The van der Waals surface area contributed by atoms with Gasteiger partial charge in [0.05, 0.1) is 38.4 Å². The molecule has 0 fully saturated rings. The van der Waals surface area contributed by atoms with Crippen molar-refractivity contribution < 1.29 is 9.64 Å². The van der Waals surface area contributed by atoms with Crippen LogP contribution in [0.2, 0.25) is 0 Å². The highest BCUT2D eigenvalue weighted by Crippen LogP contribution is 2.37. The van der Waals surface area contributed by atoms with E-state index in [1.54, 1.807) is 11.6 Å². The molecule has 1 aliphatic heterocycles. The van der Waals surface area contributed by atoms with E-state index in [9.17, 15) is 9.59 Å². The predicted molar refractivity (Wildman–Crippen MR) is 96.2 cm³/mol. The van der Waals surface area contributed by atoms with E-state index in [1.807, 2.05) is 0 Å². The van der Waals surface area contributed by atoms with E-state index in [4.69, 9.17) is 4.74 Å². The maximum absolute atomic E-state index is 12.7. The minimum Gasteiger partial charge on any atom is -0.370 e. The van der Waals surface area contributed by atoms with Crippen LogP contribution in [0.25, 0.3) is 10.2 Å². The molecule has 0 atom stereocenters. The van der Waals surface area contributed by atoms with Gasteiger partial charge in [-0.15, -0.1) is 11.3 Å². The highest BCUT2D eigenvalue weighted by atomic mass is 32.1. The SMILES string of the molecule is Cn1c(=O)c2sc3c(c2n(CCC[NH+](C)C)c1=O)COC(C)(C)C3. The average Bonchev–Trinajstić information content (AvgIpc) is 2.85. The van der Waals surface area contributed by atoms with Crippen LogP contribution in [0.3, 0.4) is 0 Å². The summed E-state index contributed by atoms with van der Waals surface area (Å²) in [4.78, 5) is 27.8. The standard InChI is InChI=1S/C17H25N3O3S/c1-17(2)9-12-11(10-23-17)13-14(24-12)15(21)19(5)16(22)20(13)8-6-7-18(3)4/h6-10H2,1-5H3/p+1. The molecule has 3 heterocycles. The Bertz CT molecular complexity index is 889. The molecule has 0 aliphatic carbocycles. The monoisotopic (exact) mass is 352 g/mol. The number of hydrogen-bond donors (Lipinski definition) is 1. The van der Waals surface area contributed by atoms with Crippen molar-refractivity contribution in [3.63, 3.8) is 0 Å². The van der Waals surface area contributed by atoms with Crippen LogP contribution in [0.5, 0.6) is 0 Å². The molecule has 1 N–H and O–H groups in total. The highest BCUT2D eigenvalue weighted by Gasteiger charge is 2.31. The summed E-state index contributed by atoms with van der Waals surface area (Å²) < 4.78 is 9.63. The smallest absolute Gasteiger partial charge is 0.331 e. The van der Waals surface area contributed by atoms with Crippen molar-refractivity contribution in [1.29, 1.82) is 0 Å². The van der Waals surface area contributed by atoms with Gasteiger partial charge in [-0.05, 0) is 13.8 Å². The van der Waals surface area contributed by atoms with Crippen LogP contribution in [-0.2, 0) is 31.4 Å². The Balaban J connectivity index is 2.18. The molecule has 24 heavy (non-hydrogen) atoms. The van der Waals surface area contributed by atoms with Gasteiger partial charge in [0.15, 0.2) is 0 Å². The second kappa shape index (κ2) is 6.13. The van der Waals surface area contributed by atoms with Crippen LogP contribution in [-0.4, -0.2) is 35.4 Å². The van der Waals surface area contributed by atoms with Crippen molar-refractivity contribution in [3.05, 3.63) is 31.3 Å². The van der Waals surface area contributed by atoms with Crippen molar-refractivity contribution >= 4 is 21.6 Å². The fourth-order valence-corrected chi connectivity index (χ4v) is 4.74. The van der Waals surface area contributed by atoms with E-state index < -0.39 is 0 Å². The number of nitrogens with zero attached hydrogens (tertiary/aromatic N) is 2. The molecule has 7 heteroatoms. The minimum atomic E-state index is -0.230. The van der Waals surface area contributed by atoms with Gasteiger partial charge in [0.25, 0.3) is 5.56 Å². The van der Waals surface area contributed by atoms with Gasteiger partial charge in [-0.1, -0.05) is 0 Å². The average molecular weight is 352 g/mol. The second-order valence-corrected chi connectivity index (χ2v) is 8.62. The first-order valence-corrected chi connectivity index (χ1v) is 9.20. The van der Waals surface area contributed by atoms with Crippen LogP contribution in [0, 0.1) is 0 Å². The Kier molecular flexibility index (Phi) is 4.44. The van der Waals surface area contributed by atoms with Gasteiger partial charge in [-0.3, -0.25) is 13.9 Å². The molecule has 0 saturated heterocycles. The molecule has 132 valence electrons. The minimum absolute atomic E-state index is 0.193. The van der Waals surface area contributed by atoms with Crippen LogP contribution in [0.4, 0.5) is 0 Å². The molecule has 0 saturated carbocycles. The van der Waals surface area contributed by atoms with E-state index >= 15 is 0 Å². The Labute approximate surface area is 145 Å². The molecule has 3 rings (SSSR count). The fourth-order valence-electron chi connectivity index (χ4n) is 3.24. The molecule has 1 aliphatic rings. The number of hydrogen-bond acceptors (Lipinski definition) is 4. The first-order chi connectivity index (χ1) is 11.2. The number of nitrogens with one attached hydrogen (secondary N) is 1. The number of fused-ring (bicyclic) bond motifs is 3. The molecule has 0 unspecified atom stereocenters. The van der Waals surface area contributed by atoms with E-state index in [2.05, 4.69) is 27.9 Å². The van der Waals surface area contributed by atoms with Crippen molar-refractivity contribution in [1.82, 2.24) is 9.13 Å².